The van der Waals surface area contributed by atoms with Gasteiger partial charge < -0.3 is 10.4 Å². The van der Waals surface area contributed by atoms with Gasteiger partial charge in [-0.3, -0.25) is 0 Å². The molecule has 0 saturated heterocycles. The molecule has 2 aromatic carbocycles. The molecule has 0 saturated carbocycles. The average Bonchev–Trinajstić information content (AvgIpc) is 3.16. The second-order valence-corrected chi connectivity index (χ2v) is 6.64. The van der Waals surface area contributed by atoms with Crippen LogP contribution in [0.1, 0.15) is 11.7 Å². The Morgan fingerprint density at radius 3 is 2.48 bits per heavy atom. The van der Waals surface area contributed by atoms with Gasteiger partial charge in [-0.05, 0) is 28.1 Å². The van der Waals surface area contributed by atoms with E-state index in [2.05, 4.69) is 27.4 Å². The predicted octanol–water partition coefficient (Wildman–Crippen LogP) is 4.50. The summed E-state index contributed by atoms with van der Waals surface area (Å²) in [5.41, 5.74) is 3.19. The second kappa shape index (κ2) is 7.01. The lowest BCUT2D eigenvalue weighted by atomic mass is 10.0. The number of rotatable bonds is 5. The van der Waals surface area contributed by atoms with Gasteiger partial charge in [-0.15, -0.1) is 11.3 Å². The first-order chi connectivity index (χ1) is 12.3. The number of hydrogen-bond donors (Lipinski definition) is 2. The first kappa shape index (κ1) is 15.7. The Morgan fingerprint density at radius 2 is 1.68 bits per heavy atom. The highest BCUT2D eigenvalue weighted by atomic mass is 32.1. The number of nitrogens with zero attached hydrogens (tertiary/aromatic N) is 2. The number of aliphatic hydroxyl groups excluding tert-OH is 1. The van der Waals surface area contributed by atoms with Gasteiger partial charge in [0.25, 0.3) is 0 Å². The van der Waals surface area contributed by atoms with Crippen molar-refractivity contribution in [1.82, 2.24) is 9.97 Å². The molecule has 0 radical (unpaired) electrons. The van der Waals surface area contributed by atoms with E-state index >= 15 is 0 Å². The minimum Gasteiger partial charge on any atom is -0.387 e. The summed E-state index contributed by atoms with van der Waals surface area (Å²) in [6.45, 7) is 0.395. The molecule has 0 aliphatic carbocycles. The van der Waals surface area contributed by atoms with Gasteiger partial charge in [-0.1, -0.05) is 54.6 Å². The number of nitrogens with one attached hydrogen (secondary N) is 1. The summed E-state index contributed by atoms with van der Waals surface area (Å²) in [6, 6.07) is 20.2. The summed E-state index contributed by atoms with van der Waals surface area (Å²) in [6.07, 6.45) is 0.941. The first-order valence-electron chi connectivity index (χ1n) is 8.07. The fraction of sp³-hybridized carbons (Fsp3) is 0.100. The normalized spacial score (nSPS) is 12.2. The van der Waals surface area contributed by atoms with Gasteiger partial charge >= 0.3 is 0 Å². The van der Waals surface area contributed by atoms with Crippen LogP contribution in [0.4, 0.5) is 5.82 Å². The highest BCUT2D eigenvalue weighted by molar-refractivity contribution is 7.16. The zero-order chi connectivity index (χ0) is 17.1. The van der Waals surface area contributed by atoms with Crippen molar-refractivity contribution in [3.05, 3.63) is 77.9 Å². The molecule has 0 spiro atoms. The lowest BCUT2D eigenvalue weighted by molar-refractivity contribution is 0.191. The Labute approximate surface area is 149 Å². The average molecular weight is 347 g/mol. The summed E-state index contributed by atoms with van der Waals surface area (Å²) in [5, 5.41) is 16.7. The minimum atomic E-state index is -0.603. The molecule has 0 fully saturated rings. The van der Waals surface area contributed by atoms with E-state index in [0.29, 0.717) is 6.54 Å². The van der Waals surface area contributed by atoms with Crippen molar-refractivity contribution in [2.75, 3.05) is 11.9 Å². The van der Waals surface area contributed by atoms with E-state index in [9.17, 15) is 5.11 Å². The molecule has 2 heterocycles. The van der Waals surface area contributed by atoms with Crippen molar-refractivity contribution < 1.29 is 5.11 Å². The molecule has 1 atom stereocenters. The van der Waals surface area contributed by atoms with Crippen LogP contribution < -0.4 is 5.32 Å². The van der Waals surface area contributed by atoms with Crippen LogP contribution in [0.3, 0.4) is 0 Å². The number of benzene rings is 2. The van der Waals surface area contributed by atoms with Crippen molar-refractivity contribution in [3.8, 4) is 11.1 Å². The van der Waals surface area contributed by atoms with Gasteiger partial charge in [-0.25, -0.2) is 9.97 Å². The lowest BCUT2D eigenvalue weighted by Gasteiger charge is -2.13. The first-order valence-corrected chi connectivity index (χ1v) is 8.95. The fourth-order valence-corrected chi connectivity index (χ4v) is 3.50. The predicted molar refractivity (Wildman–Crippen MR) is 103 cm³/mol. The van der Waals surface area contributed by atoms with Gasteiger partial charge in [0.1, 0.15) is 17.0 Å². The van der Waals surface area contributed by atoms with E-state index < -0.39 is 6.10 Å². The zero-order valence-electron chi connectivity index (χ0n) is 13.5. The molecule has 0 amide bonds. The molecule has 0 aliphatic rings. The molecule has 4 rings (SSSR count). The van der Waals surface area contributed by atoms with E-state index in [1.165, 1.54) is 5.56 Å². The van der Waals surface area contributed by atoms with Gasteiger partial charge in [0.15, 0.2) is 0 Å². The monoisotopic (exact) mass is 347 g/mol. The smallest absolute Gasteiger partial charge is 0.138 e. The van der Waals surface area contributed by atoms with Gasteiger partial charge in [0.05, 0.1) is 11.5 Å². The molecular formula is C20H17N3OS. The Bertz CT molecular complexity index is 967. The SMILES string of the molecule is OC(CNc1ncnc2sccc12)c1ccc(-c2ccccc2)cc1. The molecule has 0 aliphatic heterocycles. The summed E-state index contributed by atoms with van der Waals surface area (Å²) < 4.78 is 0. The van der Waals surface area contributed by atoms with Crippen LogP contribution >= 0.6 is 11.3 Å². The van der Waals surface area contributed by atoms with Crippen LogP contribution in [-0.4, -0.2) is 21.6 Å². The van der Waals surface area contributed by atoms with E-state index in [4.69, 9.17) is 0 Å². The van der Waals surface area contributed by atoms with Gasteiger partial charge in [0.2, 0.25) is 0 Å². The molecule has 1 unspecified atom stereocenters. The summed E-state index contributed by atoms with van der Waals surface area (Å²) in [4.78, 5) is 9.45. The summed E-state index contributed by atoms with van der Waals surface area (Å²) in [7, 11) is 0. The van der Waals surface area contributed by atoms with Crippen LogP contribution in [0.15, 0.2) is 72.4 Å². The topological polar surface area (TPSA) is 58.0 Å². The molecule has 4 nitrogen and oxygen atoms in total. The summed E-state index contributed by atoms with van der Waals surface area (Å²) in [5.74, 6) is 0.756. The molecule has 0 bridgehead atoms. The summed E-state index contributed by atoms with van der Waals surface area (Å²) >= 11 is 1.58. The van der Waals surface area contributed by atoms with Gasteiger partial charge in [0, 0.05) is 6.54 Å². The molecule has 25 heavy (non-hydrogen) atoms. The number of fused-ring (bicyclic) bond motifs is 1. The van der Waals surface area contributed by atoms with E-state index in [-0.39, 0.29) is 0 Å². The second-order valence-electron chi connectivity index (χ2n) is 5.75. The molecular weight excluding hydrogens is 330 g/mol. The van der Waals surface area contributed by atoms with Crippen LogP contribution in [0.5, 0.6) is 0 Å². The van der Waals surface area contributed by atoms with E-state index in [0.717, 1.165) is 27.2 Å². The van der Waals surface area contributed by atoms with E-state index in [1.807, 2.05) is 53.9 Å². The Morgan fingerprint density at radius 1 is 0.920 bits per heavy atom. The van der Waals surface area contributed by atoms with Crippen molar-refractivity contribution in [2.45, 2.75) is 6.10 Å². The van der Waals surface area contributed by atoms with Crippen molar-refractivity contribution in [3.63, 3.8) is 0 Å². The third kappa shape index (κ3) is 3.38. The Kier molecular flexibility index (Phi) is 4.41. The highest BCUT2D eigenvalue weighted by Gasteiger charge is 2.10. The highest BCUT2D eigenvalue weighted by Crippen LogP contribution is 2.25. The fourth-order valence-electron chi connectivity index (χ4n) is 2.77. The largest absolute Gasteiger partial charge is 0.387 e. The van der Waals surface area contributed by atoms with Crippen LogP contribution in [0.2, 0.25) is 0 Å². The van der Waals surface area contributed by atoms with E-state index in [1.54, 1.807) is 17.7 Å². The van der Waals surface area contributed by atoms with Crippen molar-refractivity contribution >= 4 is 27.4 Å². The van der Waals surface area contributed by atoms with Gasteiger partial charge in [-0.2, -0.15) is 0 Å². The number of aromatic nitrogens is 2. The maximum atomic E-state index is 10.5. The lowest BCUT2D eigenvalue weighted by Crippen LogP contribution is -2.13. The maximum absolute atomic E-state index is 10.5. The Balaban J connectivity index is 1.46. The number of anilines is 1. The standard InChI is InChI=1S/C20H17N3OS/c24-18(12-21-19-17-10-11-25-20(17)23-13-22-19)16-8-6-15(7-9-16)14-4-2-1-3-5-14/h1-11,13,18,24H,12H2,(H,21,22,23). The maximum Gasteiger partial charge on any atom is 0.138 e. The van der Waals surface area contributed by atoms with Crippen LogP contribution in [-0.2, 0) is 0 Å². The molecule has 124 valence electrons. The molecule has 2 N–H and O–H groups in total. The minimum absolute atomic E-state index is 0.395. The van der Waals surface area contributed by atoms with Crippen molar-refractivity contribution in [2.24, 2.45) is 0 Å². The Hall–Kier alpha value is -2.76. The number of thiophene rings is 1. The van der Waals surface area contributed by atoms with Crippen LogP contribution in [0, 0.1) is 0 Å². The third-order valence-corrected chi connectivity index (χ3v) is 4.95. The molecule has 2 aromatic heterocycles. The molecule has 4 aromatic rings. The third-order valence-electron chi connectivity index (χ3n) is 4.13. The number of aliphatic hydroxyl groups is 1. The van der Waals surface area contributed by atoms with Crippen molar-refractivity contribution in [1.29, 1.82) is 0 Å². The molecule has 5 heteroatoms. The number of hydrogen-bond acceptors (Lipinski definition) is 5. The zero-order valence-corrected chi connectivity index (χ0v) is 14.3. The van der Waals surface area contributed by atoms with Crippen LogP contribution in [0.25, 0.3) is 21.3 Å². The quantitative estimate of drug-likeness (QED) is 0.558.